The average Bonchev–Trinajstić information content (AvgIpc) is 3.69. The molecular formula is C29H36N8O4. The number of carbonyl (C=O) groups excluding carboxylic acids is 3. The number of pyridine rings is 2. The SMILES string of the molecule is CN(Cc1cc2c(nc1C=O)N(C(=O)Nc1cc(N3CC[C@H](N(C)C)C3)c(C#N)cn1)CCC2)C(=O)[C@H]1CCCO1. The van der Waals surface area contributed by atoms with Gasteiger partial charge in [-0.2, -0.15) is 5.26 Å². The smallest absolute Gasteiger partial charge is 0.328 e. The summed E-state index contributed by atoms with van der Waals surface area (Å²) >= 11 is 0. The molecule has 2 aromatic rings. The molecule has 216 valence electrons. The fraction of sp³-hybridized carbons (Fsp3) is 0.517. The minimum Gasteiger partial charge on any atom is -0.369 e. The minimum atomic E-state index is -0.444. The van der Waals surface area contributed by atoms with Crippen LogP contribution in [0.3, 0.4) is 0 Å². The van der Waals surface area contributed by atoms with Gasteiger partial charge in [0, 0.05) is 63.7 Å². The second-order valence-electron chi connectivity index (χ2n) is 11.1. The van der Waals surface area contributed by atoms with Crippen molar-refractivity contribution in [3.8, 4) is 6.07 Å². The lowest BCUT2D eigenvalue weighted by Crippen LogP contribution is -2.40. The first-order chi connectivity index (χ1) is 19.8. The molecule has 3 aliphatic heterocycles. The van der Waals surface area contributed by atoms with Crippen molar-refractivity contribution < 1.29 is 19.1 Å². The molecule has 5 rings (SSSR count). The Bertz CT molecular complexity index is 1370. The molecular weight excluding hydrogens is 524 g/mol. The number of hydrogen-bond donors (Lipinski definition) is 1. The molecule has 12 heteroatoms. The third kappa shape index (κ3) is 6.01. The number of anilines is 3. The molecule has 2 saturated heterocycles. The Morgan fingerprint density at radius 2 is 2.05 bits per heavy atom. The van der Waals surface area contributed by atoms with E-state index in [9.17, 15) is 19.6 Å². The molecule has 0 bridgehead atoms. The van der Waals surface area contributed by atoms with Crippen LogP contribution in [0, 0.1) is 11.3 Å². The van der Waals surface area contributed by atoms with Crippen molar-refractivity contribution in [3.05, 3.63) is 40.7 Å². The topological polar surface area (TPSA) is 135 Å². The maximum Gasteiger partial charge on any atom is 0.328 e. The van der Waals surface area contributed by atoms with Gasteiger partial charge in [-0.15, -0.1) is 0 Å². The minimum absolute atomic E-state index is 0.112. The van der Waals surface area contributed by atoms with Gasteiger partial charge in [0.05, 0.1) is 11.3 Å². The molecule has 0 radical (unpaired) electrons. The van der Waals surface area contributed by atoms with Crippen LogP contribution in [0.5, 0.6) is 0 Å². The van der Waals surface area contributed by atoms with Crippen LogP contribution in [0.25, 0.3) is 0 Å². The monoisotopic (exact) mass is 560 g/mol. The summed E-state index contributed by atoms with van der Waals surface area (Å²) in [7, 11) is 5.79. The number of nitrogens with zero attached hydrogens (tertiary/aromatic N) is 7. The molecule has 0 aliphatic carbocycles. The highest BCUT2D eigenvalue weighted by atomic mass is 16.5. The summed E-state index contributed by atoms with van der Waals surface area (Å²) in [6.45, 7) is 2.83. The van der Waals surface area contributed by atoms with Gasteiger partial charge in [-0.3, -0.25) is 19.8 Å². The lowest BCUT2D eigenvalue weighted by Gasteiger charge is -2.30. The van der Waals surface area contributed by atoms with Crippen LogP contribution in [0.4, 0.5) is 22.1 Å². The van der Waals surface area contributed by atoms with Crippen LogP contribution in [-0.2, 0) is 22.5 Å². The maximum absolute atomic E-state index is 13.5. The van der Waals surface area contributed by atoms with E-state index in [0.29, 0.717) is 61.1 Å². The molecule has 2 fully saturated rings. The van der Waals surface area contributed by atoms with Gasteiger partial charge in [0.15, 0.2) is 6.29 Å². The fourth-order valence-corrected chi connectivity index (χ4v) is 5.76. The van der Waals surface area contributed by atoms with Crippen LogP contribution in [0.2, 0.25) is 0 Å². The van der Waals surface area contributed by atoms with Crippen LogP contribution in [0.1, 0.15) is 52.9 Å². The zero-order chi connectivity index (χ0) is 29.1. The molecule has 2 atom stereocenters. The number of aryl methyl sites for hydroxylation is 1. The van der Waals surface area contributed by atoms with Crippen molar-refractivity contribution in [1.82, 2.24) is 19.8 Å². The molecule has 0 unspecified atom stereocenters. The first-order valence-corrected chi connectivity index (χ1v) is 14.0. The quantitative estimate of drug-likeness (QED) is 0.507. The van der Waals surface area contributed by atoms with Crippen molar-refractivity contribution in [2.24, 2.45) is 0 Å². The van der Waals surface area contributed by atoms with E-state index in [0.717, 1.165) is 43.6 Å². The number of rotatable bonds is 7. The Balaban J connectivity index is 1.34. The Morgan fingerprint density at radius 3 is 2.73 bits per heavy atom. The molecule has 1 N–H and O–H groups in total. The molecule has 5 heterocycles. The zero-order valence-electron chi connectivity index (χ0n) is 23.8. The Kier molecular flexibility index (Phi) is 8.46. The number of amides is 3. The number of aldehydes is 1. The highest BCUT2D eigenvalue weighted by molar-refractivity contribution is 6.02. The van der Waals surface area contributed by atoms with Gasteiger partial charge in [-0.1, -0.05) is 0 Å². The summed E-state index contributed by atoms with van der Waals surface area (Å²) in [5, 5.41) is 12.5. The third-order valence-electron chi connectivity index (χ3n) is 8.09. The van der Waals surface area contributed by atoms with Gasteiger partial charge in [-0.05, 0) is 57.8 Å². The van der Waals surface area contributed by atoms with Gasteiger partial charge in [0.2, 0.25) is 0 Å². The van der Waals surface area contributed by atoms with Crippen LogP contribution < -0.4 is 15.1 Å². The second-order valence-corrected chi connectivity index (χ2v) is 11.1. The Morgan fingerprint density at radius 1 is 1.22 bits per heavy atom. The third-order valence-corrected chi connectivity index (χ3v) is 8.09. The number of fused-ring (bicyclic) bond motifs is 1. The van der Waals surface area contributed by atoms with E-state index >= 15 is 0 Å². The molecule has 3 amide bonds. The van der Waals surface area contributed by atoms with E-state index in [2.05, 4.69) is 31.2 Å². The van der Waals surface area contributed by atoms with Crippen molar-refractivity contribution in [1.29, 1.82) is 5.26 Å². The molecule has 3 aliphatic rings. The molecule has 0 aromatic carbocycles. The molecule has 12 nitrogen and oxygen atoms in total. The van der Waals surface area contributed by atoms with Crippen molar-refractivity contribution in [2.45, 2.75) is 50.8 Å². The number of likely N-dealkylation sites (N-methyl/N-ethyl adjacent to an activating group) is 2. The highest BCUT2D eigenvalue weighted by Crippen LogP contribution is 2.30. The van der Waals surface area contributed by atoms with E-state index in [4.69, 9.17) is 4.74 Å². The van der Waals surface area contributed by atoms with E-state index < -0.39 is 12.1 Å². The number of nitrogens with one attached hydrogen (secondary N) is 1. The van der Waals surface area contributed by atoms with Crippen LogP contribution >= 0.6 is 0 Å². The average molecular weight is 561 g/mol. The van der Waals surface area contributed by atoms with Gasteiger partial charge >= 0.3 is 6.03 Å². The number of carbonyl (C=O) groups is 3. The van der Waals surface area contributed by atoms with Gasteiger partial charge < -0.3 is 19.4 Å². The number of aromatic nitrogens is 2. The van der Waals surface area contributed by atoms with Crippen molar-refractivity contribution in [3.63, 3.8) is 0 Å². The standard InChI is InChI=1S/C29H36N8O4/c1-34(2)22-8-10-36(17-22)24-13-26(31-15-21(24)14-30)33-29(40)37-9-4-6-19-12-20(23(18-38)32-27(19)37)16-35(3)28(39)25-7-5-11-41-25/h12-13,15,18,22,25H,4-11,16-17H2,1-3H3,(H,31,33,40)/t22-,25+/m0/s1. The van der Waals surface area contributed by atoms with Crippen LogP contribution in [-0.4, -0.2) is 97.5 Å². The largest absolute Gasteiger partial charge is 0.369 e. The summed E-state index contributed by atoms with van der Waals surface area (Å²) in [5.41, 5.74) is 2.87. The maximum atomic E-state index is 13.5. The summed E-state index contributed by atoms with van der Waals surface area (Å²) in [5.74, 6) is 0.652. The summed E-state index contributed by atoms with van der Waals surface area (Å²) in [4.78, 5) is 54.5. The molecule has 2 aromatic heterocycles. The first kappa shape index (κ1) is 28.4. The van der Waals surface area contributed by atoms with Gasteiger partial charge in [-0.25, -0.2) is 14.8 Å². The van der Waals surface area contributed by atoms with E-state index in [-0.39, 0.29) is 18.1 Å². The number of ether oxygens (including phenoxy) is 1. The summed E-state index contributed by atoms with van der Waals surface area (Å²) in [6, 6.07) is 5.80. The lowest BCUT2D eigenvalue weighted by atomic mass is 10.0. The predicted octanol–water partition coefficient (Wildman–Crippen LogP) is 2.42. The Hall–Kier alpha value is -4.08. The fourth-order valence-electron chi connectivity index (χ4n) is 5.76. The van der Waals surface area contributed by atoms with E-state index in [1.807, 2.05) is 20.2 Å². The molecule has 0 saturated carbocycles. The zero-order valence-corrected chi connectivity index (χ0v) is 23.8. The molecule has 0 spiro atoms. The summed E-state index contributed by atoms with van der Waals surface area (Å²) in [6.07, 6.45) is 5.66. The Labute approximate surface area is 239 Å². The number of urea groups is 1. The molecule has 41 heavy (non-hydrogen) atoms. The van der Waals surface area contributed by atoms with Gasteiger partial charge in [0.1, 0.15) is 29.5 Å². The lowest BCUT2D eigenvalue weighted by molar-refractivity contribution is -0.140. The van der Waals surface area contributed by atoms with E-state index in [1.165, 1.54) is 11.1 Å². The number of nitriles is 1. The van der Waals surface area contributed by atoms with Crippen molar-refractivity contribution in [2.75, 3.05) is 62.5 Å². The van der Waals surface area contributed by atoms with Gasteiger partial charge in [0.25, 0.3) is 5.91 Å². The first-order valence-electron chi connectivity index (χ1n) is 14.0. The van der Waals surface area contributed by atoms with Crippen LogP contribution in [0.15, 0.2) is 18.3 Å². The predicted molar refractivity (Wildman–Crippen MR) is 153 cm³/mol. The van der Waals surface area contributed by atoms with Crippen molar-refractivity contribution >= 4 is 35.5 Å². The second kappa shape index (κ2) is 12.2. The number of hydrogen-bond acceptors (Lipinski definition) is 9. The summed E-state index contributed by atoms with van der Waals surface area (Å²) < 4.78 is 5.52. The normalized spacial score (nSPS) is 20.1. The van der Waals surface area contributed by atoms with E-state index in [1.54, 1.807) is 18.0 Å². The highest BCUT2D eigenvalue weighted by Gasteiger charge is 2.30.